The van der Waals surface area contributed by atoms with Crippen LogP contribution in [0.5, 0.6) is 0 Å². The molecule has 20 heavy (non-hydrogen) atoms. The lowest BCUT2D eigenvalue weighted by Gasteiger charge is -2.13. The minimum atomic E-state index is -1.03. The number of aryl methyl sites for hydroxylation is 2. The molecule has 0 atom stereocenters. The minimum absolute atomic E-state index is 0.0497. The van der Waals surface area contributed by atoms with E-state index in [1.165, 1.54) is 5.56 Å². The first kappa shape index (κ1) is 14.8. The molecular weight excluding hydrogens is 320 g/mol. The van der Waals surface area contributed by atoms with E-state index < -0.39 is 5.97 Å². The molecule has 0 unspecified atom stereocenters. The van der Waals surface area contributed by atoms with Gasteiger partial charge in [-0.25, -0.2) is 9.48 Å². The summed E-state index contributed by atoms with van der Waals surface area (Å²) in [6.45, 7) is 8.07. The molecule has 4 nitrogen and oxygen atoms in total. The topological polar surface area (TPSA) is 55.1 Å². The molecule has 1 aromatic heterocycles. The van der Waals surface area contributed by atoms with Crippen LogP contribution in [0.3, 0.4) is 0 Å². The van der Waals surface area contributed by atoms with E-state index in [1.807, 2.05) is 39.8 Å². The summed E-state index contributed by atoms with van der Waals surface area (Å²) >= 11 is 3.38. The predicted octanol–water partition coefficient (Wildman–Crippen LogP) is 4.07. The fraction of sp³-hybridized carbons (Fsp3) is 0.333. The maximum Gasteiger partial charge on any atom is 0.357 e. The monoisotopic (exact) mass is 336 g/mol. The van der Waals surface area contributed by atoms with Gasteiger partial charge in [0.1, 0.15) is 0 Å². The third-order valence-electron chi connectivity index (χ3n) is 3.19. The van der Waals surface area contributed by atoms with Crippen molar-refractivity contribution in [3.63, 3.8) is 0 Å². The molecule has 0 saturated carbocycles. The van der Waals surface area contributed by atoms with Crippen LogP contribution < -0.4 is 0 Å². The molecule has 0 radical (unpaired) electrons. The van der Waals surface area contributed by atoms with Crippen LogP contribution in [0.2, 0.25) is 0 Å². The Morgan fingerprint density at radius 2 is 2.00 bits per heavy atom. The van der Waals surface area contributed by atoms with Crippen LogP contribution in [0, 0.1) is 13.8 Å². The van der Waals surface area contributed by atoms with Gasteiger partial charge < -0.3 is 5.11 Å². The molecule has 5 heteroatoms. The SMILES string of the molecule is Cc1ccc(-n2nc(C(=O)O)c(Br)c2C(C)C)c(C)c1. The van der Waals surface area contributed by atoms with Gasteiger partial charge in [-0.2, -0.15) is 5.10 Å². The van der Waals surface area contributed by atoms with Crippen molar-refractivity contribution in [3.05, 3.63) is 45.2 Å². The van der Waals surface area contributed by atoms with E-state index in [0.717, 1.165) is 16.9 Å². The van der Waals surface area contributed by atoms with Gasteiger partial charge in [0.15, 0.2) is 5.69 Å². The lowest BCUT2D eigenvalue weighted by atomic mass is 10.1. The third-order valence-corrected chi connectivity index (χ3v) is 3.97. The molecule has 0 fully saturated rings. The van der Waals surface area contributed by atoms with Crippen LogP contribution in [0.25, 0.3) is 5.69 Å². The van der Waals surface area contributed by atoms with E-state index >= 15 is 0 Å². The van der Waals surface area contributed by atoms with E-state index in [4.69, 9.17) is 0 Å². The van der Waals surface area contributed by atoms with Crippen molar-refractivity contribution in [3.8, 4) is 5.69 Å². The van der Waals surface area contributed by atoms with Crippen molar-refractivity contribution in [2.75, 3.05) is 0 Å². The van der Waals surface area contributed by atoms with Crippen molar-refractivity contribution in [2.45, 2.75) is 33.6 Å². The predicted molar refractivity (Wildman–Crippen MR) is 81.8 cm³/mol. The highest BCUT2D eigenvalue weighted by molar-refractivity contribution is 9.10. The smallest absolute Gasteiger partial charge is 0.357 e. The van der Waals surface area contributed by atoms with Crippen LogP contribution in [-0.4, -0.2) is 20.9 Å². The number of nitrogens with zero attached hydrogens (tertiary/aromatic N) is 2. The van der Waals surface area contributed by atoms with Crippen LogP contribution >= 0.6 is 15.9 Å². The van der Waals surface area contributed by atoms with Crippen molar-refractivity contribution in [1.82, 2.24) is 9.78 Å². The van der Waals surface area contributed by atoms with E-state index in [1.54, 1.807) is 4.68 Å². The average Bonchev–Trinajstić information content (AvgIpc) is 2.66. The van der Waals surface area contributed by atoms with Gasteiger partial charge in [-0.1, -0.05) is 31.5 Å². The molecule has 1 N–H and O–H groups in total. The highest BCUT2D eigenvalue weighted by atomic mass is 79.9. The van der Waals surface area contributed by atoms with E-state index in [0.29, 0.717) is 4.47 Å². The Kier molecular flexibility index (Phi) is 3.99. The Morgan fingerprint density at radius 3 is 2.50 bits per heavy atom. The van der Waals surface area contributed by atoms with Gasteiger partial charge in [-0.3, -0.25) is 0 Å². The Labute approximate surface area is 126 Å². The summed E-state index contributed by atoms with van der Waals surface area (Å²) in [4.78, 5) is 11.3. The lowest BCUT2D eigenvalue weighted by molar-refractivity contribution is 0.0689. The number of halogens is 1. The summed E-state index contributed by atoms with van der Waals surface area (Å²) in [5.41, 5.74) is 4.07. The van der Waals surface area contributed by atoms with Crippen LogP contribution in [-0.2, 0) is 0 Å². The van der Waals surface area contributed by atoms with Gasteiger partial charge in [-0.15, -0.1) is 0 Å². The number of benzene rings is 1. The number of aromatic nitrogens is 2. The molecule has 0 aliphatic carbocycles. The third kappa shape index (κ3) is 2.50. The number of carboxylic acids is 1. The normalized spacial score (nSPS) is 11.1. The first-order valence-electron chi connectivity index (χ1n) is 6.42. The summed E-state index contributed by atoms with van der Waals surface area (Å²) in [6.07, 6.45) is 0. The minimum Gasteiger partial charge on any atom is -0.476 e. The summed E-state index contributed by atoms with van der Waals surface area (Å²) in [6, 6.07) is 6.04. The summed E-state index contributed by atoms with van der Waals surface area (Å²) in [5.74, 6) is -0.868. The van der Waals surface area contributed by atoms with Crippen LogP contribution in [0.1, 0.15) is 47.1 Å². The Bertz CT molecular complexity index is 675. The van der Waals surface area contributed by atoms with Gasteiger partial charge >= 0.3 is 5.97 Å². The molecule has 2 rings (SSSR count). The van der Waals surface area contributed by atoms with Crippen molar-refractivity contribution in [1.29, 1.82) is 0 Å². The van der Waals surface area contributed by atoms with Crippen molar-refractivity contribution >= 4 is 21.9 Å². The second-order valence-corrected chi connectivity index (χ2v) is 6.00. The Balaban J connectivity index is 2.73. The summed E-state index contributed by atoms with van der Waals surface area (Å²) < 4.78 is 2.28. The molecule has 106 valence electrons. The Morgan fingerprint density at radius 1 is 1.35 bits per heavy atom. The zero-order valence-corrected chi connectivity index (χ0v) is 13.5. The first-order valence-corrected chi connectivity index (χ1v) is 7.21. The maximum atomic E-state index is 11.3. The quantitative estimate of drug-likeness (QED) is 0.918. The summed E-state index contributed by atoms with van der Waals surface area (Å²) in [7, 11) is 0. The maximum absolute atomic E-state index is 11.3. The molecule has 0 saturated heterocycles. The standard InChI is InChI=1S/C15H17BrN2O2/c1-8(2)14-12(16)13(15(19)20)17-18(14)11-6-5-9(3)7-10(11)4/h5-8H,1-4H3,(H,19,20). The number of rotatable bonds is 3. The lowest BCUT2D eigenvalue weighted by Crippen LogP contribution is -2.06. The molecule has 0 amide bonds. The largest absolute Gasteiger partial charge is 0.476 e. The second kappa shape index (κ2) is 5.40. The Hall–Kier alpha value is -1.62. The van der Waals surface area contributed by atoms with E-state index in [-0.39, 0.29) is 11.6 Å². The molecule has 0 aliphatic rings. The van der Waals surface area contributed by atoms with Crippen molar-refractivity contribution < 1.29 is 9.90 Å². The number of aromatic carboxylic acids is 1. The molecule has 2 aromatic rings. The molecule has 0 bridgehead atoms. The second-order valence-electron chi connectivity index (χ2n) is 5.21. The molecule has 1 aromatic carbocycles. The van der Waals surface area contributed by atoms with E-state index in [9.17, 15) is 9.90 Å². The molecule has 0 aliphatic heterocycles. The highest BCUT2D eigenvalue weighted by Crippen LogP contribution is 2.31. The van der Waals surface area contributed by atoms with Crippen LogP contribution in [0.4, 0.5) is 0 Å². The van der Waals surface area contributed by atoms with Crippen molar-refractivity contribution in [2.24, 2.45) is 0 Å². The van der Waals surface area contributed by atoms with Crippen LogP contribution in [0.15, 0.2) is 22.7 Å². The van der Waals surface area contributed by atoms with Gasteiger partial charge in [0.05, 0.1) is 15.9 Å². The first-order chi connectivity index (χ1) is 9.32. The number of hydrogen-bond donors (Lipinski definition) is 1. The average molecular weight is 337 g/mol. The number of hydrogen-bond acceptors (Lipinski definition) is 2. The number of carbonyl (C=O) groups is 1. The fourth-order valence-electron chi connectivity index (χ4n) is 2.27. The van der Waals surface area contributed by atoms with E-state index in [2.05, 4.69) is 27.1 Å². The van der Waals surface area contributed by atoms with Gasteiger partial charge in [0.2, 0.25) is 0 Å². The van der Waals surface area contributed by atoms with Gasteiger partial charge in [-0.05, 0) is 47.3 Å². The molecular formula is C15H17BrN2O2. The molecule has 0 spiro atoms. The van der Waals surface area contributed by atoms with Gasteiger partial charge in [0, 0.05) is 0 Å². The highest BCUT2D eigenvalue weighted by Gasteiger charge is 2.23. The zero-order valence-electron chi connectivity index (χ0n) is 11.9. The zero-order chi connectivity index (χ0) is 15.0. The number of carboxylic acid groups (broad SMARTS) is 1. The molecule has 1 heterocycles. The summed E-state index contributed by atoms with van der Waals surface area (Å²) in [5, 5.41) is 13.5. The van der Waals surface area contributed by atoms with Gasteiger partial charge in [0.25, 0.3) is 0 Å². The fourth-order valence-corrected chi connectivity index (χ4v) is 3.15.